The first-order valence-corrected chi connectivity index (χ1v) is 24.6. The monoisotopic (exact) mass is 1290 g/mol. The molecule has 0 fully saturated rings. The van der Waals surface area contributed by atoms with Crippen molar-refractivity contribution < 1.29 is 159 Å². The summed E-state index contributed by atoms with van der Waals surface area (Å²) in [7, 11) is 3.87. The number of aliphatic carboxylic acids is 1. The van der Waals surface area contributed by atoms with Gasteiger partial charge in [-0.25, -0.2) is 35.9 Å². The van der Waals surface area contributed by atoms with E-state index in [0.717, 1.165) is 18.2 Å². The molecule has 0 radical (unpaired) electrons. The van der Waals surface area contributed by atoms with Crippen molar-refractivity contribution in [3.8, 4) is 34.5 Å². The fourth-order valence-electron chi connectivity index (χ4n) is 6.31. The average molecular weight is 1290 g/mol. The summed E-state index contributed by atoms with van der Waals surface area (Å²) < 4.78 is 89.8. The molecule has 1 aliphatic carbocycles. The molecule has 6 aromatic rings. The molecule has 0 unspecified atom stereocenters. The molecule has 87 heavy (non-hydrogen) atoms. The van der Waals surface area contributed by atoms with E-state index in [1.807, 2.05) is 0 Å². The smallest absolute Gasteiger partial charge is 0.870 e. The first-order valence-electron chi connectivity index (χ1n) is 23.8. The number of hydrogen-bond acceptors (Lipinski definition) is 16. The van der Waals surface area contributed by atoms with Gasteiger partial charge in [0.1, 0.15) is 0 Å². The van der Waals surface area contributed by atoms with Crippen LogP contribution in [0.25, 0.3) is 22.0 Å². The third-order valence-corrected chi connectivity index (χ3v) is 11.0. The van der Waals surface area contributed by atoms with Gasteiger partial charge >= 0.3 is 72.3 Å². The predicted octanol–water partition coefficient (Wildman–Crippen LogP) is 4.72. The second-order valence-corrected chi connectivity index (χ2v) is 17.3. The summed E-state index contributed by atoms with van der Waals surface area (Å²) in [6, 6.07) is 20.6. The standard InChI is InChI=1S/C10H11FO3.C10H9FO3.C9H8FNO2.C9H9FO3.C9H7FO2.C6H4BrFO.C4H6O2.Li.N3.Na.H2O/c2*1-14-10(13)5-3-7-2-4-9(12)8(11)6-7;10-7-3-5-1-2-11-9(13)6(5)4-8(7)12;10-7-5-6(1-3-8(7)11)2-4-9(12)13;10-7-3-5-1-2-8(11)6(5)4-9(7)12;7-4-1-2-6(9)5(8)3-4;1-3-4(5)6-2;;1-3-2;;/h2,4,6,12H,3,5H2,1H3;2-6,12H,1H3;3-4,12H,1-2H2,(H,11,13);1,3,5,11H,2,4H2,(H,12,13);3-4,12H,1-2H2;1-3,9H;3H,1H2,2H3;;;;1H2/q;;;;;;;+1;-1;+1;/p-1/b;5-3-;;;;;;;;;. The van der Waals surface area contributed by atoms with Gasteiger partial charge in [0.2, 0.25) is 0 Å². The average Bonchev–Trinajstić information content (AvgIpc) is 3.85. The fraction of sp³-hybridized carbons (Fsp3) is 0.193. The Hall–Kier alpha value is -8.45. The molecule has 2 aliphatic rings. The van der Waals surface area contributed by atoms with Gasteiger partial charge in [0.05, 0.1) is 21.3 Å². The Labute approximate surface area is 535 Å². The fourth-order valence-corrected chi connectivity index (χ4v) is 6.65. The van der Waals surface area contributed by atoms with E-state index in [1.54, 1.807) is 12.1 Å². The molecule has 1 amide bonds. The van der Waals surface area contributed by atoms with Crippen molar-refractivity contribution in [3.05, 3.63) is 210 Å². The number of ether oxygens (including phenoxy) is 3. The number of halogens is 7. The summed E-state index contributed by atoms with van der Waals surface area (Å²) in [4.78, 5) is 65.3. The number of carbonyl (C=O) groups is 6. The SMILES string of the molecule is C=CC(=O)OC.COC(=O)/C=C\c1ccc(O)c(F)c1.COC(=O)CCc1ccc(O)c(F)c1.O=C(O)CCc1ccc(O)c(F)c1.O=C1CCc2cc(F)c(O)cc21.O=C1NCCc2cc(F)c(O)cc21.Oc1ccc(Br)cc1F.[Li+].[N-]=[N+]=[N-].[Na+].[OH-]. The van der Waals surface area contributed by atoms with Crippen LogP contribution < -0.4 is 53.7 Å². The minimum Gasteiger partial charge on any atom is -0.870 e. The molecule has 0 saturated carbocycles. The van der Waals surface area contributed by atoms with E-state index in [9.17, 15) is 55.1 Å². The van der Waals surface area contributed by atoms with Crippen LogP contribution in [0.1, 0.15) is 67.8 Å². The third kappa shape index (κ3) is 32.0. The number of methoxy groups -OCH3 is 3. The number of phenolic OH excluding ortho intramolecular Hbond substituents is 6. The van der Waals surface area contributed by atoms with Gasteiger partial charge in [-0.05, 0) is 138 Å². The van der Waals surface area contributed by atoms with Gasteiger partial charge in [0.15, 0.2) is 75.2 Å². The van der Waals surface area contributed by atoms with Crippen LogP contribution in [-0.2, 0) is 59.1 Å². The number of ketones is 1. The number of benzene rings is 6. The van der Waals surface area contributed by atoms with E-state index in [1.165, 1.54) is 111 Å². The molecule has 21 nitrogen and oxygen atoms in total. The number of esters is 3. The largest absolute Gasteiger partial charge is 1.00 e. The van der Waals surface area contributed by atoms with Crippen LogP contribution >= 0.6 is 15.9 Å². The molecule has 0 spiro atoms. The normalized spacial score (nSPS) is 10.6. The number of aryl methyl sites for hydroxylation is 3. The number of aromatic hydroxyl groups is 6. The zero-order valence-electron chi connectivity index (χ0n) is 47.1. The summed E-state index contributed by atoms with van der Waals surface area (Å²) in [6.45, 7) is 3.68. The topological polar surface area (TPSA) is 372 Å². The number of nitrogens with zero attached hydrogens (tertiary/aromatic N) is 3. The third-order valence-electron chi connectivity index (χ3n) is 10.6. The molecule has 0 bridgehead atoms. The van der Waals surface area contributed by atoms with Crippen molar-refractivity contribution in [2.24, 2.45) is 0 Å². The van der Waals surface area contributed by atoms with Crippen LogP contribution in [0.2, 0.25) is 0 Å². The van der Waals surface area contributed by atoms with Crippen molar-refractivity contribution in [1.82, 2.24) is 5.32 Å². The maximum atomic E-state index is 12.9. The molecule has 1 aliphatic heterocycles. The van der Waals surface area contributed by atoms with E-state index in [2.05, 4.69) is 42.0 Å². The first-order chi connectivity index (χ1) is 39.6. The molecular weight excluding hydrogens is 1240 g/mol. The summed E-state index contributed by atoms with van der Waals surface area (Å²) in [5, 5.41) is 64.2. The maximum Gasteiger partial charge on any atom is 1.00 e. The van der Waals surface area contributed by atoms with E-state index < -0.39 is 75.8 Å². The van der Waals surface area contributed by atoms with Gasteiger partial charge in [-0.3, -0.25) is 24.1 Å². The minimum atomic E-state index is -0.923. The number of carboxylic acid groups (broad SMARTS) is 1. The van der Waals surface area contributed by atoms with Crippen molar-refractivity contribution >= 4 is 57.6 Å². The Balaban J connectivity index is -0.000000943. The van der Waals surface area contributed by atoms with Crippen LogP contribution in [0, 0.1) is 34.9 Å². The number of Topliss-reactive ketones (excluding diaryl/α,β-unsaturated/α-hetero) is 1. The van der Waals surface area contributed by atoms with Crippen molar-refractivity contribution in [1.29, 1.82) is 0 Å². The van der Waals surface area contributed by atoms with E-state index in [-0.39, 0.29) is 102 Å². The van der Waals surface area contributed by atoms with E-state index in [0.29, 0.717) is 75.6 Å². The van der Waals surface area contributed by atoms with E-state index >= 15 is 0 Å². The number of hydrogen-bond donors (Lipinski definition) is 8. The number of carbonyl (C=O) groups excluding carboxylic acids is 5. The Kier molecular flexibility index (Phi) is 41.9. The zero-order chi connectivity index (χ0) is 63.6. The minimum absolute atomic E-state index is 0. The van der Waals surface area contributed by atoms with Gasteiger partial charge in [-0.1, -0.05) is 40.7 Å². The quantitative estimate of drug-likeness (QED) is 0.0142. The van der Waals surface area contributed by atoms with Gasteiger partial charge < -0.3 is 71.8 Å². The van der Waals surface area contributed by atoms with Crippen molar-refractivity contribution in [3.63, 3.8) is 0 Å². The zero-order valence-corrected chi connectivity index (χ0v) is 50.7. The Bertz CT molecular complexity index is 3340. The van der Waals surface area contributed by atoms with Gasteiger partial charge in [-0.2, -0.15) is 0 Å². The number of rotatable bonds is 9. The van der Waals surface area contributed by atoms with Gasteiger partial charge in [0.25, 0.3) is 5.91 Å². The maximum absolute atomic E-state index is 12.9. The van der Waals surface area contributed by atoms with Crippen LogP contribution in [0.3, 0.4) is 0 Å². The van der Waals surface area contributed by atoms with Crippen molar-refractivity contribution in [2.45, 2.75) is 44.9 Å². The van der Waals surface area contributed by atoms with Crippen LogP contribution in [0.15, 0.2) is 120 Å². The summed E-state index contributed by atoms with van der Waals surface area (Å²) in [5.74, 6) is -8.94. The number of amides is 1. The number of phenols is 6. The Morgan fingerprint density at radius 2 is 1.02 bits per heavy atom. The molecular formula is C57H55BrF6LiN4NaO17. The molecule has 0 aromatic heterocycles. The Morgan fingerprint density at radius 1 is 0.598 bits per heavy atom. The molecule has 8 rings (SSSR count). The molecule has 9 N–H and O–H groups in total. The summed E-state index contributed by atoms with van der Waals surface area (Å²) >= 11 is 3.05. The first kappa shape index (κ1) is 82.8. The molecule has 1 heterocycles. The molecule has 6 aromatic carbocycles. The molecule has 30 heteroatoms. The van der Waals surface area contributed by atoms with Crippen LogP contribution in [0.5, 0.6) is 34.5 Å². The van der Waals surface area contributed by atoms with Crippen LogP contribution in [-0.4, -0.2) is 105 Å². The van der Waals surface area contributed by atoms with Gasteiger partial charge in [-0.15, -0.1) is 0 Å². The summed E-state index contributed by atoms with van der Waals surface area (Å²) in [5.41, 5.74) is 17.4. The number of nitrogens with one attached hydrogen (secondary N) is 1. The second-order valence-electron chi connectivity index (χ2n) is 16.4. The van der Waals surface area contributed by atoms with Crippen molar-refractivity contribution in [2.75, 3.05) is 27.9 Å². The molecule has 0 saturated heterocycles. The van der Waals surface area contributed by atoms with E-state index in [4.69, 9.17) is 46.8 Å². The molecule has 456 valence electrons. The van der Waals surface area contributed by atoms with Gasteiger partial charge in [0, 0.05) is 53.6 Å². The number of fused-ring (bicyclic) bond motifs is 2. The predicted molar refractivity (Wildman–Crippen MR) is 296 cm³/mol. The Morgan fingerprint density at radius 3 is 1.44 bits per heavy atom. The molecule has 0 atom stereocenters. The van der Waals surface area contributed by atoms with Crippen LogP contribution in [0.4, 0.5) is 26.3 Å². The second kappa shape index (κ2) is 44.1. The summed E-state index contributed by atoms with van der Waals surface area (Å²) in [6.07, 6.45) is 6.16. The number of carboxylic acids is 1.